The summed E-state index contributed by atoms with van der Waals surface area (Å²) in [7, 11) is 0. The lowest BCUT2D eigenvalue weighted by Gasteiger charge is -2.26. The molecule has 2 aliphatic heterocycles. The summed E-state index contributed by atoms with van der Waals surface area (Å²) in [5.41, 5.74) is 1.07. The summed E-state index contributed by atoms with van der Waals surface area (Å²) >= 11 is 6.21. The number of benzene rings is 1. The third kappa shape index (κ3) is 4.98. The van der Waals surface area contributed by atoms with Gasteiger partial charge >= 0.3 is 0 Å². The van der Waals surface area contributed by atoms with Crippen molar-refractivity contribution in [3.8, 4) is 11.6 Å². The van der Waals surface area contributed by atoms with Crippen LogP contribution in [0.15, 0.2) is 43.2 Å². The highest BCUT2D eigenvalue weighted by Crippen LogP contribution is 2.34. The first-order valence-corrected chi connectivity index (χ1v) is 11.6. The van der Waals surface area contributed by atoms with Crippen molar-refractivity contribution in [2.24, 2.45) is 0 Å². The highest BCUT2D eigenvalue weighted by molar-refractivity contribution is 6.32. The monoisotopic (exact) mass is 499 g/mol. The fraction of sp³-hybridized carbons (Fsp3) is 0.333. The van der Waals surface area contributed by atoms with Crippen LogP contribution in [0.1, 0.15) is 12.8 Å². The lowest BCUT2D eigenvalue weighted by atomic mass is 10.2. The third-order valence-corrected chi connectivity index (χ3v) is 6.25. The maximum absolute atomic E-state index is 15.0. The molecule has 9 nitrogen and oxygen atoms in total. The Balaban J connectivity index is 1.33. The average Bonchev–Trinajstić information content (AvgIpc) is 3.30. The normalized spacial score (nSPS) is 19.3. The number of hydrogen-bond acceptors (Lipinski definition) is 8. The van der Waals surface area contributed by atoms with Gasteiger partial charge in [-0.1, -0.05) is 18.2 Å². The van der Waals surface area contributed by atoms with E-state index in [0.29, 0.717) is 55.5 Å². The van der Waals surface area contributed by atoms with E-state index in [1.165, 1.54) is 18.5 Å². The molecule has 0 bridgehead atoms. The van der Waals surface area contributed by atoms with Crippen LogP contribution in [-0.2, 0) is 9.53 Å². The van der Waals surface area contributed by atoms with Crippen LogP contribution in [0.2, 0.25) is 5.02 Å². The van der Waals surface area contributed by atoms with E-state index in [4.69, 9.17) is 25.8 Å². The minimum absolute atomic E-state index is 0.0107. The van der Waals surface area contributed by atoms with E-state index in [1.807, 2.05) is 0 Å². The van der Waals surface area contributed by atoms with Crippen molar-refractivity contribution in [1.29, 1.82) is 0 Å². The molecule has 1 amide bonds. The number of nitrogens with zero attached hydrogens (tertiary/aromatic N) is 4. The molecule has 4 heterocycles. The summed E-state index contributed by atoms with van der Waals surface area (Å²) in [5.74, 6) is 0.0920. The number of carbonyl (C=O) groups excluding carboxylic acids is 1. The predicted octanol–water partition coefficient (Wildman–Crippen LogP) is 3.89. The summed E-state index contributed by atoms with van der Waals surface area (Å²) in [4.78, 5) is 26.5. The van der Waals surface area contributed by atoms with E-state index in [-0.39, 0.29) is 34.6 Å². The lowest BCUT2D eigenvalue weighted by molar-refractivity contribution is -0.125. The molecule has 182 valence electrons. The SMILES string of the molecule is C=CC(=O)N1CC[C@H](Oc2ccc3ncnc(Nc4ccc(OCC5CCO5)c(Cl)c4F)c3n2)C1. The second kappa shape index (κ2) is 10.0. The van der Waals surface area contributed by atoms with Gasteiger partial charge in [0.15, 0.2) is 11.6 Å². The van der Waals surface area contributed by atoms with Crippen LogP contribution in [0.4, 0.5) is 15.9 Å². The van der Waals surface area contributed by atoms with Gasteiger partial charge < -0.3 is 24.4 Å². The molecule has 1 aromatic carbocycles. The van der Waals surface area contributed by atoms with E-state index >= 15 is 4.39 Å². The van der Waals surface area contributed by atoms with Crippen molar-refractivity contribution < 1.29 is 23.4 Å². The molecular formula is C24H23ClFN5O4. The smallest absolute Gasteiger partial charge is 0.246 e. The van der Waals surface area contributed by atoms with Crippen molar-refractivity contribution >= 4 is 40.0 Å². The summed E-state index contributed by atoms with van der Waals surface area (Å²) in [6.45, 7) is 5.58. The van der Waals surface area contributed by atoms with Crippen molar-refractivity contribution in [2.75, 3.05) is 31.6 Å². The van der Waals surface area contributed by atoms with E-state index in [9.17, 15) is 4.79 Å². The standard InChI is InChI=1S/C24H23ClFN5O4/c1-2-20(32)31-9-7-14(11-31)35-19-6-4-17-23(30-19)24(28-13-27-17)29-16-3-5-18(21(25)22(16)26)34-12-15-8-10-33-15/h2-6,13-15H,1,7-12H2,(H,27,28,29)/t14-,15?/m0/s1. The second-order valence-electron chi connectivity index (χ2n) is 8.21. The highest BCUT2D eigenvalue weighted by Gasteiger charge is 2.27. The van der Waals surface area contributed by atoms with Gasteiger partial charge in [-0.2, -0.15) is 0 Å². The van der Waals surface area contributed by atoms with E-state index in [0.717, 1.165) is 6.42 Å². The number of ether oxygens (including phenoxy) is 3. The van der Waals surface area contributed by atoms with Gasteiger partial charge in [0, 0.05) is 32.1 Å². The zero-order valence-electron chi connectivity index (χ0n) is 18.7. The van der Waals surface area contributed by atoms with Gasteiger partial charge in [-0.15, -0.1) is 0 Å². The molecule has 1 N–H and O–H groups in total. The first-order valence-electron chi connectivity index (χ1n) is 11.2. The number of rotatable bonds is 8. The summed E-state index contributed by atoms with van der Waals surface area (Å²) in [6, 6.07) is 6.56. The van der Waals surface area contributed by atoms with Crippen LogP contribution < -0.4 is 14.8 Å². The number of hydrogen-bond donors (Lipinski definition) is 1. The molecular weight excluding hydrogens is 477 g/mol. The molecule has 2 aliphatic rings. The zero-order valence-corrected chi connectivity index (χ0v) is 19.5. The minimum Gasteiger partial charge on any atom is -0.489 e. The number of aromatic nitrogens is 3. The maximum Gasteiger partial charge on any atom is 0.246 e. The van der Waals surface area contributed by atoms with Gasteiger partial charge in [0.1, 0.15) is 35.3 Å². The fourth-order valence-corrected chi connectivity index (χ4v) is 4.09. The van der Waals surface area contributed by atoms with E-state index in [1.54, 1.807) is 23.1 Å². The topological polar surface area (TPSA) is 98.7 Å². The molecule has 2 atom stereocenters. The van der Waals surface area contributed by atoms with Gasteiger partial charge in [-0.3, -0.25) is 4.79 Å². The first-order chi connectivity index (χ1) is 17.0. The van der Waals surface area contributed by atoms with Gasteiger partial charge in [0.2, 0.25) is 11.8 Å². The summed E-state index contributed by atoms with van der Waals surface area (Å²) < 4.78 is 31.9. The molecule has 35 heavy (non-hydrogen) atoms. The molecule has 0 saturated carbocycles. The summed E-state index contributed by atoms with van der Waals surface area (Å²) in [6.07, 6.45) is 4.05. The number of carbonyl (C=O) groups is 1. The number of anilines is 2. The minimum atomic E-state index is -0.671. The Bertz CT molecular complexity index is 1270. The number of nitrogens with one attached hydrogen (secondary N) is 1. The number of pyridine rings is 1. The number of likely N-dealkylation sites (tertiary alicyclic amines) is 1. The summed E-state index contributed by atoms with van der Waals surface area (Å²) in [5, 5.41) is 2.81. The Morgan fingerprint density at radius 3 is 2.94 bits per heavy atom. The van der Waals surface area contributed by atoms with Crippen LogP contribution in [0.5, 0.6) is 11.6 Å². The molecule has 3 aromatic rings. The number of fused-ring (bicyclic) bond motifs is 1. The highest BCUT2D eigenvalue weighted by atomic mass is 35.5. The molecule has 2 aromatic heterocycles. The van der Waals surface area contributed by atoms with Crippen molar-refractivity contribution in [1.82, 2.24) is 19.9 Å². The van der Waals surface area contributed by atoms with Gasteiger partial charge in [0.05, 0.1) is 23.9 Å². The van der Waals surface area contributed by atoms with E-state index in [2.05, 4.69) is 26.8 Å². The molecule has 0 aliphatic carbocycles. The third-order valence-electron chi connectivity index (χ3n) is 5.89. The van der Waals surface area contributed by atoms with Crippen LogP contribution >= 0.6 is 11.6 Å². The Kier molecular flexibility index (Phi) is 6.65. The Hall–Kier alpha value is -3.50. The average molecular weight is 500 g/mol. The molecule has 2 saturated heterocycles. The second-order valence-corrected chi connectivity index (χ2v) is 8.59. The van der Waals surface area contributed by atoms with Crippen molar-refractivity contribution in [3.63, 3.8) is 0 Å². The van der Waals surface area contributed by atoms with Crippen LogP contribution in [0.25, 0.3) is 11.0 Å². The van der Waals surface area contributed by atoms with Crippen LogP contribution in [0.3, 0.4) is 0 Å². The number of halogens is 2. The molecule has 0 radical (unpaired) electrons. The molecule has 2 fully saturated rings. The Morgan fingerprint density at radius 2 is 2.17 bits per heavy atom. The Morgan fingerprint density at radius 1 is 1.31 bits per heavy atom. The van der Waals surface area contributed by atoms with Crippen molar-refractivity contribution in [3.05, 3.63) is 54.1 Å². The molecule has 11 heteroatoms. The fourth-order valence-electron chi connectivity index (χ4n) is 3.87. The van der Waals surface area contributed by atoms with Crippen LogP contribution in [0, 0.1) is 5.82 Å². The molecule has 5 rings (SSSR count). The molecule has 0 spiro atoms. The van der Waals surface area contributed by atoms with Gasteiger partial charge in [-0.25, -0.2) is 19.3 Å². The Labute approximate surface area is 205 Å². The maximum atomic E-state index is 15.0. The van der Waals surface area contributed by atoms with E-state index < -0.39 is 5.82 Å². The number of amides is 1. The first kappa shape index (κ1) is 23.3. The van der Waals surface area contributed by atoms with Crippen LogP contribution in [-0.4, -0.2) is 64.3 Å². The largest absolute Gasteiger partial charge is 0.489 e. The lowest BCUT2D eigenvalue weighted by Crippen LogP contribution is -2.32. The quantitative estimate of drug-likeness (QED) is 0.466. The predicted molar refractivity (Wildman–Crippen MR) is 128 cm³/mol. The van der Waals surface area contributed by atoms with Crippen molar-refractivity contribution in [2.45, 2.75) is 25.0 Å². The molecule has 1 unspecified atom stereocenters. The van der Waals surface area contributed by atoms with Gasteiger partial charge in [0.25, 0.3) is 0 Å². The zero-order chi connectivity index (χ0) is 24.4. The van der Waals surface area contributed by atoms with Gasteiger partial charge in [-0.05, 0) is 24.3 Å².